The lowest BCUT2D eigenvalue weighted by Crippen LogP contribution is -2.43. The molecule has 1 aliphatic rings. The minimum Gasteiger partial charge on any atom is -0.354 e. The Bertz CT molecular complexity index is 500. The summed E-state index contributed by atoms with van der Waals surface area (Å²) in [6.07, 6.45) is 0. The Balaban J connectivity index is 2.09. The van der Waals surface area contributed by atoms with E-state index >= 15 is 0 Å². The van der Waals surface area contributed by atoms with Crippen LogP contribution >= 0.6 is 0 Å². The van der Waals surface area contributed by atoms with Crippen LogP contribution < -0.4 is 10.2 Å². The van der Waals surface area contributed by atoms with Gasteiger partial charge in [-0.15, -0.1) is 0 Å². The van der Waals surface area contributed by atoms with Crippen molar-refractivity contribution in [2.24, 2.45) is 0 Å². The number of hydrogen-bond acceptors (Lipinski definition) is 4. The average molecular weight is 217 g/mol. The maximum atomic E-state index is 5.37. The molecule has 0 spiro atoms. The molecule has 1 aliphatic heterocycles. The lowest BCUT2D eigenvalue weighted by atomic mass is 10.1. The molecule has 1 fully saturated rings. The number of fused-ring (bicyclic) bond motifs is 1. The molecule has 0 unspecified atom stereocenters. The summed E-state index contributed by atoms with van der Waals surface area (Å²) in [6, 6.07) is 6.08. The zero-order valence-electron chi connectivity index (χ0n) is 9.36. The molecule has 4 nitrogen and oxygen atoms in total. The quantitative estimate of drug-likeness (QED) is 0.786. The van der Waals surface area contributed by atoms with Gasteiger partial charge in [-0.25, -0.2) is 0 Å². The summed E-state index contributed by atoms with van der Waals surface area (Å²) < 4.78 is 5.37. The highest BCUT2D eigenvalue weighted by Crippen LogP contribution is 2.28. The van der Waals surface area contributed by atoms with Crippen LogP contribution in [0.15, 0.2) is 22.7 Å². The number of nitrogens with one attached hydrogen (secondary N) is 1. The fourth-order valence-corrected chi connectivity index (χ4v) is 2.23. The normalized spacial score (nSPS) is 16.9. The number of rotatable bonds is 1. The predicted octanol–water partition coefficient (Wildman–Crippen LogP) is 1.55. The second-order valence-electron chi connectivity index (χ2n) is 4.19. The van der Waals surface area contributed by atoms with E-state index in [-0.39, 0.29) is 0 Å². The zero-order chi connectivity index (χ0) is 11.0. The Labute approximate surface area is 94.2 Å². The van der Waals surface area contributed by atoms with Crippen molar-refractivity contribution in [3.8, 4) is 0 Å². The highest BCUT2D eigenvalue weighted by Gasteiger charge is 2.18. The van der Waals surface area contributed by atoms with Crippen LogP contribution in [0.2, 0.25) is 0 Å². The summed E-state index contributed by atoms with van der Waals surface area (Å²) in [5, 5.41) is 8.70. The molecule has 2 aromatic rings. The van der Waals surface area contributed by atoms with E-state index in [2.05, 4.69) is 28.4 Å². The van der Waals surface area contributed by atoms with Gasteiger partial charge in [0.15, 0.2) is 11.4 Å². The first-order chi connectivity index (χ1) is 7.86. The van der Waals surface area contributed by atoms with Gasteiger partial charge >= 0.3 is 0 Å². The first-order valence-electron chi connectivity index (χ1n) is 5.67. The fourth-order valence-electron chi connectivity index (χ4n) is 2.23. The molecule has 0 atom stereocenters. The van der Waals surface area contributed by atoms with Crippen molar-refractivity contribution < 1.29 is 4.52 Å². The summed E-state index contributed by atoms with van der Waals surface area (Å²) >= 11 is 0. The smallest absolute Gasteiger partial charge is 0.180 e. The van der Waals surface area contributed by atoms with E-state index in [1.165, 1.54) is 5.56 Å². The van der Waals surface area contributed by atoms with E-state index in [0.29, 0.717) is 0 Å². The van der Waals surface area contributed by atoms with E-state index in [1.54, 1.807) is 0 Å². The maximum absolute atomic E-state index is 5.37. The van der Waals surface area contributed by atoms with E-state index in [9.17, 15) is 0 Å². The predicted molar refractivity (Wildman–Crippen MR) is 63.8 cm³/mol. The molecule has 1 aromatic heterocycles. The van der Waals surface area contributed by atoms with E-state index in [4.69, 9.17) is 4.52 Å². The fraction of sp³-hybridized carbons (Fsp3) is 0.417. The van der Waals surface area contributed by atoms with Crippen molar-refractivity contribution in [3.05, 3.63) is 23.8 Å². The number of aromatic nitrogens is 1. The lowest BCUT2D eigenvalue weighted by Gasteiger charge is -2.27. The van der Waals surface area contributed by atoms with Gasteiger partial charge in [0.2, 0.25) is 0 Å². The van der Waals surface area contributed by atoms with Gasteiger partial charge < -0.3 is 14.7 Å². The van der Waals surface area contributed by atoms with Gasteiger partial charge in [0, 0.05) is 26.2 Å². The van der Waals surface area contributed by atoms with Crippen LogP contribution in [0.5, 0.6) is 0 Å². The van der Waals surface area contributed by atoms with Crippen LogP contribution in [0.3, 0.4) is 0 Å². The Hall–Kier alpha value is -1.55. The van der Waals surface area contributed by atoms with Crippen molar-refractivity contribution >= 4 is 16.8 Å². The Morgan fingerprint density at radius 2 is 2.12 bits per heavy atom. The molecule has 16 heavy (non-hydrogen) atoms. The molecule has 2 heterocycles. The first-order valence-corrected chi connectivity index (χ1v) is 5.67. The third-order valence-corrected chi connectivity index (χ3v) is 3.11. The van der Waals surface area contributed by atoms with Crippen molar-refractivity contribution in [2.75, 3.05) is 31.1 Å². The largest absolute Gasteiger partial charge is 0.354 e. The molecule has 4 heteroatoms. The van der Waals surface area contributed by atoms with E-state index in [0.717, 1.165) is 43.0 Å². The highest BCUT2D eigenvalue weighted by molar-refractivity contribution is 5.91. The molecule has 0 aliphatic carbocycles. The zero-order valence-corrected chi connectivity index (χ0v) is 9.36. The Kier molecular flexibility index (Phi) is 2.29. The summed E-state index contributed by atoms with van der Waals surface area (Å²) in [6.45, 7) is 6.12. The first kappa shape index (κ1) is 9.66. The molecule has 0 bridgehead atoms. The number of anilines is 1. The van der Waals surface area contributed by atoms with Gasteiger partial charge in [-0.2, -0.15) is 0 Å². The molecule has 84 valence electrons. The number of piperazine rings is 1. The topological polar surface area (TPSA) is 41.3 Å². The standard InChI is InChI=1S/C12H15N3O/c1-9-3-2-4-10-11(9)12(14-16-10)15-7-5-13-6-8-15/h2-4,13H,5-8H2,1H3. The molecule has 0 saturated carbocycles. The summed E-state index contributed by atoms with van der Waals surface area (Å²) in [5.74, 6) is 0.995. The number of benzene rings is 1. The molecule has 0 radical (unpaired) electrons. The van der Waals surface area contributed by atoms with Crippen molar-refractivity contribution in [2.45, 2.75) is 6.92 Å². The SMILES string of the molecule is Cc1cccc2onc(N3CCNCC3)c12. The summed E-state index contributed by atoms with van der Waals surface area (Å²) in [7, 11) is 0. The van der Waals surface area contributed by atoms with Gasteiger partial charge in [0.1, 0.15) is 0 Å². The maximum Gasteiger partial charge on any atom is 0.180 e. The molecule has 0 amide bonds. The monoisotopic (exact) mass is 217 g/mol. The van der Waals surface area contributed by atoms with Gasteiger partial charge in [-0.3, -0.25) is 0 Å². The Morgan fingerprint density at radius 1 is 1.31 bits per heavy atom. The van der Waals surface area contributed by atoms with Crippen LogP contribution in [0, 0.1) is 6.92 Å². The average Bonchev–Trinajstić information content (AvgIpc) is 2.75. The molecular formula is C12H15N3O. The Morgan fingerprint density at radius 3 is 2.94 bits per heavy atom. The molecule has 3 rings (SSSR count). The van der Waals surface area contributed by atoms with Crippen molar-refractivity contribution in [3.63, 3.8) is 0 Å². The third-order valence-electron chi connectivity index (χ3n) is 3.11. The minimum absolute atomic E-state index is 0.883. The number of nitrogens with zero attached hydrogens (tertiary/aromatic N) is 2. The van der Waals surface area contributed by atoms with Gasteiger partial charge in [-0.05, 0) is 18.6 Å². The summed E-state index contributed by atoms with van der Waals surface area (Å²) in [5.41, 5.74) is 2.11. The van der Waals surface area contributed by atoms with Crippen LogP contribution in [-0.4, -0.2) is 31.3 Å². The highest BCUT2D eigenvalue weighted by atomic mass is 16.5. The van der Waals surface area contributed by atoms with Crippen LogP contribution in [0.25, 0.3) is 11.0 Å². The van der Waals surface area contributed by atoms with Gasteiger partial charge in [0.25, 0.3) is 0 Å². The second kappa shape index (κ2) is 3.79. The lowest BCUT2D eigenvalue weighted by molar-refractivity contribution is 0.451. The van der Waals surface area contributed by atoms with Gasteiger partial charge in [0.05, 0.1) is 5.39 Å². The van der Waals surface area contributed by atoms with Crippen LogP contribution in [-0.2, 0) is 0 Å². The van der Waals surface area contributed by atoms with Gasteiger partial charge in [-0.1, -0.05) is 17.3 Å². The molecule has 1 saturated heterocycles. The van der Waals surface area contributed by atoms with Crippen molar-refractivity contribution in [1.82, 2.24) is 10.5 Å². The minimum atomic E-state index is 0.883. The molecule has 1 N–H and O–H groups in total. The number of aryl methyl sites for hydroxylation is 1. The number of hydrogen-bond donors (Lipinski definition) is 1. The molecular weight excluding hydrogens is 202 g/mol. The van der Waals surface area contributed by atoms with E-state index in [1.807, 2.05) is 12.1 Å². The second-order valence-corrected chi connectivity index (χ2v) is 4.19. The molecule has 1 aromatic carbocycles. The summed E-state index contributed by atoms with van der Waals surface area (Å²) in [4.78, 5) is 2.29. The van der Waals surface area contributed by atoms with Crippen LogP contribution in [0.4, 0.5) is 5.82 Å². The van der Waals surface area contributed by atoms with Crippen molar-refractivity contribution in [1.29, 1.82) is 0 Å². The van der Waals surface area contributed by atoms with E-state index < -0.39 is 0 Å². The van der Waals surface area contributed by atoms with Crippen LogP contribution in [0.1, 0.15) is 5.56 Å². The third kappa shape index (κ3) is 1.46.